The van der Waals surface area contributed by atoms with Gasteiger partial charge in [-0.15, -0.1) is 0 Å². The summed E-state index contributed by atoms with van der Waals surface area (Å²) in [5.41, 5.74) is 3.63. The number of benzene rings is 1. The van der Waals surface area contributed by atoms with Crippen LogP contribution in [0.4, 0.5) is 0 Å². The molecule has 2 aromatic rings. The Labute approximate surface area is 164 Å². The lowest BCUT2D eigenvalue weighted by Gasteiger charge is -2.27. The van der Waals surface area contributed by atoms with Crippen LogP contribution in [-0.4, -0.2) is 22.3 Å². The number of rotatable bonds is 6. The average molecular weight is 367 g/mol. The van der Waals surface area contributed by atoms with E-state index in [2.05, 4.69) is 70.8 Å². The molecule has 0 aliphatic rings. The van der Waals surface area contributed by atoms with Crippen LogP contribution in [0.5, 0.6) is 0 Å². The highest BCUT2D eigenvalue weighted by atomic mass is 16.2. The summed E-state index contributed by atoms with van der Waals surface area (Å²) in [6.07, 6.45) is 3.13. The van der Waals surface area contributed by atoms with Gasteiger partial charge in [0.2, 0.25) is 5.91 Å². The van der Waals surface area contributed by atoms with Crippen molar-refractivity contribution in [3.8, 4) is 0 Å². The molecule has 0 fully saturated rings. The van der Waals surface area contributed by atoms with Gasteiger partial charge in [-0.25, -0.2) is 0 Å². The number of aromatic nitrogens is 1. The summed E-state index contributed by atoms with van der Waals surface area (Å²) in [5.74, 6) is 0.207. The Morgan fingerprint density at radius 1 is 0.963 bits per heavy atom. The molecule has 0 spiro atoms. The van der Waals surface area contributed by atoms with Gasteiger partial charge in [0.1, 0.15) is 0 Å². The van der Waals surface area contributed by atoms with Crippen molar-refractivity contribution in [2.45, 2.75) is 66.3 Å². The first kappa shape index (κ1) is 21.1. The predicted molar refractivity (Wildman–Crippen MR) is 113 cm³/mol. The quantitative estimate of drug-likeness (QED) is 0.687. The maximum Gasteiger partial charge on any atom is 0.223 e. The second-order valence-corrected chi connectivity index (χ2v) is 9.57. The van der Waals surface area contributed by atoms with E-state index in [-0.39, 0.29) is 16.7 Å². The van der Waals surface area contributed by atoms with Crippen LogP contribution >= 0.6 is 0 Å². The molecular weight excluding hydrogens is 332 g/mol. The Bertz CT molecular complexity index is 722. The highest BCUT2D eigenvalue weighted by molar-refractivity contribution is 5.76. The molecular formula is C24H34N2O. The molecule has 0 N–H and O–H groups in total. The standard InChI is InChI=1S/C24H34N2O/c1-23(2,3)17-22(27)26(16-14-21-9-7-8-15-25-21)18-19-10-12-20(13-11-19)24(4,5)6/h7-13,15H,14,16-18H2,1-6H3. The molecule has 146 valence electrons. The number of hydrogen-bond acceptors (Lipinski definition) is 2. The molecule has 0 radical (unpaired) electrons. The maximum atomic E-state index is 12.9. The van der Waals surface area contributed by atoms with Gasteiger partial charge in [-0.1, -0.05) is 71.9 Å². The van der Waals surface area contributed by atoms with E-state index in [0.29, 0.717) is 19.5 Å². The molecule has 3 nitrogen and oxygen atoms in total. The zero-order valence-electron chi connectivity index (χ0n) is 17.7. The van der Waals surface area contributed by atoms with Gasteiger partial charge in [0.25, 0.3) is 0 Å². The minimum atomic E-state index is -0.0174. The Hall–Kier alpha value is -2.16. The molecule has 2 rings (SSSR count). The Balaban J connectivity index is 2.12. The Morgan fingerprint density at radius 3 is 2.15 bits per heavy atom. The zero-order chi connectivity index (χ0) is 20.1. The summed E-state index contributed by atoms with van der Waals surface area (Å²) >= 11 is 0. The number of carbonyl (C=O) groups excluding carboxylic acids is 1. The third-order valence-corrected chi connectivity index (χ3v) is 4.59. The molecule has 0 unspecified atom stereocenters. The van der Waals surface area contributed by atoms with Crippen molar-refractivity contribution in [3.05, 3.63) is 65.5 Å². The highest BCUT2D eigenvalue weighted by Gasteiger charge is 2.22. The van der Waals surface area contributed by atoms with E-state index in [4.69, 9.17) is 0 Å². The monoisotopic (exact) mass is 366 g/mol. The van der Waals surface area contributed by atoms with Crippen LogP contribution in [0.25, 0.3) is 0 Å². The van der Waals surface area contributed by atoms with Crippen molar-refractivity contribution >= 4 is 5.91 Å². The van der Waals surface area contributed by atoms with E-state index in [1.165, 1.54) is 11.1 Å². The smallest absolute Gasteiger partial charge is 0.223 e. The van der Waals surface area contributed by atoms with Crippen molar-refractivity contribution in [3.63, 3.8) is 0 Å². The van der Waals surface area contributed by atoms with E-state index in [1.54, 1.807) is 0 Å². The van der Waals surface area contributed by atoms with Gasteiger partial charge < -0.3 is 4.90 Å². The van der Waals surface area contributed by atoms with Gasteiger partial charge in [-0.05, 0) is 34.1 Å². The summed E-state index contributed by atoms with van der Waals surface area (Å²) in [6.45, 7) is 14.3. The first-order valence-corrected chi connectivity index (χ1v) is 9.82. The molecule has 0 aliphatic heterocycles. The summed E-state index contributed by atoms with van der Waals surface area (Å²) in [6, 6.07) is 14.6. The van der Waals surface area contributed by atoms with Crippen molar-refractivity contribution in [1.29, 1.82) is 0 Å². The minimum Gasteiger partial charge on any atom is -0.338 e. The van der Waals surface area contributed by atoms with Gasteiger partial charge in [-0.3, -0.25) is 9.78 Å². The third kappa shape index (κ3) is 7.16. The van der Waals surface area contributed by atoms with Gasteiger partial charge in [0.05, 0.1) is 0 Å². The van der Waals surface area contributed by atoms with Crippen LogP contribution < -0.4 is 0 Å². The van der Waals surface area contributed by atoms with E-state index in [0.717, 1.165) is 12.1 Å². The Morgan fingerprint density at radius 2 is 1.63 bits per heavy atom. The fourth-order valence-electron chi connectivity index (χ4n) is 2.98. The molecule has 0 aliphatic carbocycles. The summed E-state index contributed by atoms with van der Waals surface area (Å²) in [5, 5.41) is 0. The van der Waals surface area contributed by atoms with Crippen LogP contribution in [0.15, 0.2) is 48.7 Å². The van der Waals surface area contributed by atoms with Crippen LogP contribution in [0.1, 0.15) is 64.8 Å². The second kappa shape index (κ2) is 8.69. The molecule has 0 atom stereocenters. The van der Waals surface area contributed by atoms with E-state index < -0.39 is 0 Å². The largest absolute Gasteiger partial charge is 0.338 e. The van der Waals surface area contributed by atoms with E-state index in [1.807, 2.05) is 29.3 Å². The number of nitrogens with zero attached hydrogens (tertiary/aromatic N) is 2. The van der Waals surface area contributed by atoms with Crippen molar-refractivity contribution < 1.29 is 4.79 Å². The summed E-state index contributed by atoms with van der Waals surface area (Å²) < 4.78 is 0. The first-order chi connectivity index (χ1) is 12.5. The van der Waals surface area contributed by atoms with Gasteiger partial charge >= 0.3 is 0 Å². The molecule has 1 heterocycles. The summed E-state index contributed by atoms with van der Waals surface area (Å²) in [4.78, 5) is 19.3. The fraction of sp³-hybridized carbons (Fsp3) is 0.500. The lowest BCUT2D eigenvalue weighted by atomic mass is 9.86. The van der Waals surface area contributed by atoms with Crippen molar-refractivity contribution in [2.75, 3.05) is 6.54 Å². The van der Waals surface area contributed by atoms with Gasteiger partial charge in [-0.2, -0.15) is 0 Å². The number of pyridine rings is 1. The number of carbonyl (C=O) groups is 1. The molecule has 1 amide bonds. The Kier molecular flexibility index (Phi) is 6.80. The van der Waals surface area contributed by atoms with Gasteiger partial charge in [0, 0.05) is 37.8 Å². The molecule has 0 saturated heterocycles. The van der Waals surface area contributed by atoms with Crippen LogP contribution in [0, 0.1) is 5.41 Å². The topological polar surface area (TPSA) is 33.2 Å². The lowest BCUT2D eigenvalue weighted by molar-refractivity contribution is -0.133. The van der Waals surface area contributed by atoms with Crippen molar-refractivity contribution in [1.82, 2.24) is 9.88 Å². The van der Waals surface area contributed by atoms with Gasteiger partial charge in [0.15, 0.2) is 0 Å². The fourth-order valence-corrected chi connectivity index (χ4v) is 2.98. The minimum absolute atomic E-state index is 0.0174. The molecule has 27 heavy (non-hydrogen) atoms. The van der Waals surface area contributed by atoms with E-state index >= 15 is 0 Å². The number of amides is 1. The lowest BCUT2D eigenvalue weighted by Crippen LogP contribution is -2.35. The molecule has 1 aromatic heterocycles. The average Bonchev–Trinajstić information content (AvgIpc) is 2.57. The third-order valence-electron chi connectivity index (χ3n) is 4.59. The van der Waals surface area contributed by atoms with Crippen LogP contribution in [-0.2, 0) is 23.2 Å². The van der Waals surface area contributed by atoms with Crippen LogP contribution in [0.3, 0.4) is 0 Å². The second-order valence-electron chi connectivity index (χ2n) is 9.57. The zero-order valence-corrected chi connectivity index (χ0v) is 17.7. The molecule has 1 aromatic carbocycles. The number of hydrogen-bond donors (Lipinski definition) is 0. The molecule has 0 bridgehead atoms. The SMILES string of the molecule is CC(C)(C)CC(=O)N(CCc1ccccn1)Cc1ccc(C(C)(C)C)cc1. The summed E-state index contributed by atoms with van der Waals surface area (Å²) in [7, 11) is 0. The molecule has 3 heteroatoms. The normalized spacial score (nSPS) is 12.1. The maximum absolute atomic E-state index is 12.9. The first-order valence-electron chi connectivity index (χ1n) is 9.82. The highest BCUT2D eigenvalue weighted by Crippen LogP contribution is 2.24. The molecule has 0 saturated carbocycles. The van der Waals surface area contributed by atoms with Crippen LogP contribution in [0.2, 0.25) is 0 Å². The predicted octanol–water partition coefficient (Wildman–Crippen LogP) is 5.39. The van der Waals surface area contributed by atoms with Crippen molar-refractivity contribution in [2.24, 2.45) is 5.41 Å². The van der Waals surface area contributed by atoms with E-state index in [9.17, 15) is 4.79 Å².